The van der Waals surface area contributed by atoms with Crippen molar-refractivity contribution >= 4 is 23.2 Å². The molecule has 2 N–H and O–H groups in total. The number of anilines is 2. The van der Waals surface area contributed by atoms with Crippen LogP contribution in [0.2, 0.25) is 0 Å². The van der Waals surface area contributed by atoms with Crippen molar-refractivity contribution in [1.82, 2.24) is 0 Å². The third kappa shape index (κ3) is 3.59. The largest absolute Gasteiger partial charge is 0.326 e. The topological polar surface area (TPSA) is 58.2 Å². The highest BCUT2D eigenvalue weighted by atomic mass is 16.2. The number of hydrogen-bond acceptors (Lipinski definition) is 2. The maximum Gasteiger partial charge on any atom is 0.229 e. The van der Waals surface area contributed by atoms with E-state index in [4.69, 9.17) is 0 Å². The summed E-state index contributed by atoms with van der Waals surface area (Å²) in [5.41, 5.74) is 1.10. The molecular weight excluding hydrogens is 252 g/mol. The fraction of sp³-hybridized carbons (Fsp3) is 0.500. The summed E-state index contributed by atoms with van der Waals surface area (Å²) < 4.78 is 0. The summed E-state index contributed by atoms with van der Waals surface area (Å²) in [5, 5.41) is 5.76. The van der Waals surface area contributed by atoms with Crippen LogP contribution in [0.3, 0.4) is 0 Å². The number of hydrogen-bond donors (Lipinski definition) is 2. The van der Waals surface area contributed by atoms with Crippen LogP contribution in [-0.4, -0.2) is 11.8 Å². The quantitative estimate of drug-likeness (QED) is 0.887. The van der Waals surface area contributed by atoms with E-state index < -0.39 is 5.41 Å². The van der Waals surface area contributed by atoms with Gasteiger partial charge in [-0.05, 0) is 37.1 Å². The second kappa shape index (κ2) is 5.65. The summed E-state index contributed by atoms with van der Waals surface area (Å²) in [5.74, 6) is 0.252. The fourth-order valence-electron chi connectivity index (χ4n) is 1.87. The highest BCUT2D eigenvalue weighted by molar-refractivity contribution is 5.95. The van der Waals surface area contributed by atoms with Gasteiger partial charge in [-0.15, -0.1) is 0 Å². The lowest BCUT2D eigenvalue weighted by Crippen LogP contribution is -2.28. The van der Waals surface area contributed by atoms with Gasteiger partial charge in [-0.3, -0.25) is 9.59 Å². The molecule has 0 heterocycles. The monoisotopic (exact) mass is 274 g/mol. The smallest absolute Gasteiger partial charge is 0.229 e. The minimum atomic E-state index is -0.420. The Kier molecular flexibility index (Phi) is 4.12. The first-order valence-corrected chi connectivity index (χ1v) is 7.08. The zero-order valence-electron chi connectivity index (χ0n) is 12.3. The molecule has 2 rings (SSSR count). The van der Waals surface area contributed by atoms with Crippen molar-refractivity contribution in [3.05, 3.63) is 24.3 Å². The summed E-state index contributed by atoms with van der Waals surface area (Å²) in [6, 6.07) is 7.24. The van der Waals surface area contributed by atoms with Crippen molar-refractivity contribution < 1.29 is 9.59 Å². The molecule has 0 bridgehead atoms. The average Bonchev–Trinajstić information content (AvgIpc) is 2.28. The second-order valence-electron chi connectivity index (χ2n) is 6.40. The Morgan fingerprint density at radius 2 is 1.50 bits per heavy atom. The predicted molar refractivity (Wildman–Crippen MR) is 80.5 cm³/mol. The van der Waals surface area contributed by atoms with Gasteiger partial charge in [0.25, 0.3) is 0 Å². The molecular formula is C16H22N2O2. The van der Waals surface area contributed by atoms with E-state index in [0.29, 0.717) is 0 Å². The minimum absolute atomic E-state index is 0.0243. The van der Waals surface area contributed by atoms with E-state index in [9.17, 15) is 9.59 Å². The zero-order valence-corrected chi connectivity index (χ0v) is 12.3. The molecule has 0 unspecified atom stereocenters. The van der Waals surface area contributed by atoms with Crippen LogP contribution < -0.4 is 10.6 Å². The molecule has 2 amide bonds. The van der Waals surface area contributed by atoms with Crippen LogP contribution in [0.25, 0.3) is 0 Å². The van der Waals surface area contributed by atoms with Crippen LogP contribution in [0, 0.1) is 11.3 Å². The summed E-state index contributed by atoms with van der Waals surface area (Å²) in [6.45, 7) is 5.61. The summed E-state index contributed by atoms with van der Waals surface area (Å²) >= 11 is 0. The first-order chi connectivity index (χ1) is 9.36. The molecule has 108 valence electrons. The Hall–Kier alpha value is -1.84. The average molecular weight is 274 g/mol. The molecule has 0 aliphatic heterocycles. The SMILES string of the molecule is CC(C)(C)C(=O)Nc1ccc(NC(=O)C2CCC2)cc1. The van der Waals surface area contributed by atoms with Crippen molar-refractivity contribution in [2.24, 2.45) is 11.3 Å². The lowest BCUT2D eigenvalue weighted by Gasteiger charge is -2.24. The Morgan fingerprint density at radius 3 is 1.90 bits per heavy atom. The molecule has 1 aromatic rings. The van der Waals surface area contributed by atoms with E-state index in [2.05, 4.69) is 10.6 Å². The molecule has 0 radical (unpaired) electrons. The number of rotatable bonds is 3. The van der Waals surface area contributed by atoms with Gasteiger partial charge in [0.05, 0.1) is 0 Å². The third-order valence-electron chi connectivity index (χ3n) is 3.57. The zero-order chi connectivity index (χ0) is 14.8. The van der Waals surface area contributed by atoms with Gasteiger partial charge in [-0.1, -0.05) is 27.2 Å². The molecule has 0 aromatic heterocycles. The number of nitrogens with one attached hydrogen (secondary N) is 2. The molecule has 0 atom stereocenters. The van der Waals surface area contributed by atoms with Crippen LogP contribution >= 0.6 is 0 Å². The van der Waals surface area contributed by atoms with E-state index in [1.165, 1.54) is 0 Å². The Labute approximate surface area is 119 Å². The Balaban J connectivity index is 1.92. The van der Waals surface area contributed by atoms with Crippen LogP contribution in [-0.2, 0) is 9.59 Å². The molecule has 1 aromatic carbocycles. The number of carbonyl (C=O) groups is 2. The van der Waals surface area contributed by atoms with Crippen molar-refractivity contribution in [2.75, 3.05) is 10.6 Å². The second-order valence-corrected chi connectivity index (χ2v) is 6.40. The lowest BCUT2D eigenvalue weighted by molar-refractivity contribution is -0.123. The normalized spacial score (nSPS) is 15.3. The predicted octanol–water partition coefficient (Wildman–Crippen LogP) is 3.41. The van der Waals surface area contributed by atoms with Gasteiger partial charge in [0.1, 0.15) is 0 Å². The highest BCUT2D eigenvalue weighted by Crippen LogP contribution is 2.27. The van der Waals surface area contributed by atoms with Crippen molar-refractivity contribution in [3.8, 4) is 0 Å². The Bertz CT molecular complexity index is 496. The van der Waals surface area contributed by atoms with Crippen molar-refractivity contribution in [3.63, 3.8) is 0 Å². The summed E-state index contributed by atoms with van der Waals surface area (Å²) in [7, 11) is 0. The minimum Gasteiger partial charge on any atom is -0.326 e. The van der Waals surface area contributed by atoms with Crippen molar-refractivity contribution in [1.29, 1.82) is 0 Å². The fourth-order valence-corrected chi connectivity index (χ4v) is 1.87. The molecule has 1 saturated carbocycles. The molecule has 4 nitrogen and oxygen atoms in total. The maximum atomic E-state index is 11.9. The van der Waals surface area contributed by atoms with Gasteiger partial charge in [0.15, 0.2) is 0 Å². The summed E-state index contributed by atoms with van der Waals surface area (Å²) in [6.07, 6.45) is 3.13. The Morgan fingerprint density at radius 1 is 1.00 bits per heavy atom. The van der Waals surface area contributed by atoms with Crippen LogP contribution in [0.4, 0.5) is 11.4 Å². The van der Waals surface area contributed by atoms with Crippen molar-refractivity contribution in [2.45, 2.75) is 40.0 Å². The first-order valence-electron chi connectivity index (χ1n) is 7.08. The number of carbonyl (C=O) groups excluding carboxylic acids is 2. The first kappa shape index (κ1) is 14.6. The van der Waals surface area contributed by atoms with E-state index >= 15 is 0 Å². The van der Waals surface area contributed by atoms with Gasteiger partial charge < -0.3 is 10.6 Å². The van der Waals surface area contributed by atoms with Crippen LogP contribution in [0.5, 0.6) is 0 Å². The third-order valence-corrected chi connectivity index (χ3v) is 3.57. The molecule has 1 fully saturated rings. The molecule has 1 aliphatic carbocycles. The van der Waals surface area contributed by atoms with Gasteiger partial charge in [0.2, 0.25) is 11.8 Å². The van der Waals surface area contributed by atoms with Gasteiger partial charge >= 0.3 is 0 Å². The molecule has 4 heteroatoms. The highest BCUT2D eigenvalue weighted by Gasteiger charge is 2.25. The molecule has 20 heavy (non-hydrogen) atoms. The van der Waals surface area contributed by atoms with E-state index in [1.54, 1.807) is 12.1 Å². The maximum absolute atomic E-state index is 11.9. The molecule has 1 aliphatic rings. The lowest BCUT2D eigenvalue weighted by atomic mass is 9.85. The standard InChI is InChI=1S/C16H22N2O2/c1-16(2,3)15(20)18-13-9-7-12(8-10-13)17-14(19)11-5-4-6-11/h7-11H,4-6H2,1-3H3,(H,17,19)(H,18,20). The van der Waals surface area contributed by atoms with E-state index in [1.807, 2.05) is 32.9 Å². The molecule has 0 saturated heterocycles. The van der Waals surface area contributed by atoms with Gasteiger partial charge in [-0.25, -0.2) is 0 Å². The van der Waals surface area contributed by atoms with E-state index in [0.717, 1.165) is 30.6 Å². The van der Waals surface area contributed by atoms with Crippen LogP contribution in [0.1, 0.15) is 40.0 Å². The summed E-state index contributed by atoms with van der Waals surface area (Å²) in [4.78, 5) is 23.7. The van der Waals surface area contributed by atoms with Crippen LogP contribution in [0.15, 0.2) is 24.3 Å². The van der Waals surface area contributed by atoms with E-state index in [-0.39, 0.29) is 17.7 Å². The van der Waals surface area contributed by atoms with Gasteiger partial charge in [0, 0.05) is 22.7 Å². The molecule has 0 spiro atoms. The van der Waals surface area contributed by atoms with Gasteiger partial charge in [-0.2, -0.15) is 0 Å². The number of amides is 2. The number of benzene rings is 1.